The van der Waals surface area contributed by atoms with Crippen LogP contribution in [0, 0.1) is 5.92 Å². The Balaban J connectivity index is 1.59. The Morgan fingerprint density at radius 2 is 1.94 bits per heavy atom. The molecule has 0 spiro atoms. The lowest BCUT2D eigenvalue weighted by Crippen LogP contribution is -2.38. The van der Waals surface area contributed by atoms with E-state index in [0.717, 1.165) is 35.0 Å². The predicted molar refractivity (Wildman–Crippen MR) is 122 cm³/mol. The summed E-state index contributed by atoms with van der Waals surface area (Å²) in [4.78, 5) is 18.9. The third-order valence-electron chi connectivity index (χ3n) is 5.65. The minimum atomic E-state index is -0.192. The fourth-order valence-electron chi connectivity index (χ4n) is 4.02. The van der Waals surface area contributed by atoms with Crippen LogP contribution in [-0.4, -0.2) is 42.4 Å². The molecule has 0 saturated carbocycles. The standard InChI is InChI=1S/C22H25N9O/c1-13(2)9-16-21-28-27-19-11-15(12-20(31(19)21)29(3)22(32)25-16)14-5-7-23-17(10-14)26-18-6-8-24-30(18)4/h5-8,10-13,16H,9H2,1-4H3,(H,23,26)(H,25,32). The molecule has 0 aromatic carbocycles. The van der Waals surface area contributed by atoms with Gasteiger partial charge in [-0.05, 0) is 47.7 Å². The maximum absolute atomic E-state index is 12.8. The lowest BCUT2D eigenvalue weighted by atomic mass is 10.0. The van der Waals surface area contributed by atoms with Crippen molar-refractivity contribution in [2.45, 2.75) is 26.3 Å². The Kier molecular flexibility index (Phi) is 4.76. The zero-order valence-electron chi connectivity index (χ0n) is 18.4. The molecule has 0 fully saturated rings. The Morgan fingerprint density at radius 1 is 1.09 bits per heavy atom. The van der Waals surface area contributed by atoms with Crippen molar-refractivity contribution in [2.24, 2.45) is 13.0 Å². The summed E-state index contributed by atoms with van der Waals surface area (Å²) >= 11 is 0. The highest BCUT2D eigenvalue weighted by Gasteiger charge is 2.30. The first-order chi connectivity index (χ1) is 15.4. The molecule has 1 aliphatic rings. The maximum Gasteiger partial charge on any atom is 0.323 e. The van der Waals surface area contributed by atoms with Crippen LogP contribution in [-0.2, 0) is 7.05 Å². The van der Waals surface area contributed by atoms with E-state index in [-0.39, 0.29) is 12.1 Å². The minimum Gasteiger partial charge on any atom is -0.328 e. The third kappa shape index (κ3) is 3.43. The van der Waals surface area contributed by atoms with Crippen molar-refractivity contribution in [3.05, 3.63) is 48.5 Å². The average molecular weight is 432 g/mol. The van der Waals surface area contributed by atoms with Crippen LogP contribution in [0.4, 0.5) is 22.2 Å². The highest BCUT2D eigenvalue weighted by molar-refractivity contribution is 5.93. The SMILES string of the molecule is CC(C)CC1NC(=O)N(C)c2cc(-c3ccnc(Nc4ccnn4C)c3)cc3nnc1n23. The molecule has 0 saturated heterocycles. The average Bonchev–Trinajstić information content (AvgIpc) is 3.35. The van der Waals surface area contributed by atoms with Gasteiger partial charge < -0.3 is 10.6 Å². The van der Waals surface area contributed by atoms with Crippen molar-refractivity contribution >= 4 is 29.1 Å². The van der Waals surface area contributed by atoms with Crippen LogP contribution in [0.15, 0.2) is 42.7 Å². The molecule has 10 nitrogen and oxygen atoms in total. The fraction of sp³-hybridized carbons (Fsp3) is 0.318. The molecule has 0 aliphatic carbocycles. The summed E-state index contributed by atoms with van der Waals surface area (Å²) in [7, 11) is 3.63. The summed E-state index contributed by atoms with van der Waals surface area (Å²) in [6, 6.07) is 9.39. The van der Waals surface area contributed by atoms with E-state index < -0.39 is 0 Å². The number of aromatic nitrogens is 6. The normalized spacial score (nSPS) is 15.8. The van der Waals surface area contributed by atoms with Gasteiger partial charge >= 0.3 is 6.03 Å². The number of aryl methyl sites for hydroxylation is 1. The van der Waals surface area contributed by atoms with Crippen LogP contribution in [0.1, 0.15) is 32.1 Å². The van der Waals surface area contributed by atoms with E-state index in [2.05, 4.69) is 44.8 Å². The molecule has 0 bridgehead atoms. The number of urea groups is 1. The summed E-state index contributed by atoms with van der Waals surface area (Å²) in [5.74, 6) is 3.41. The predicted octanol–water partition coefficient (Wildman–Crippen LogP) is 3.52. The van der Waals surface area contributed by atoms with E-state index in [1.807, 2.05) is 41.8 Å². The Bertz CT molecular complexity index is 1310. The fourth-order valence-corrected chi connectivity index (χ4v) is 4.02. The molecule has 32 heavy (non-hydrogen) atoms. The van der Waals surface area contributed by atoms with Gasteiger partial charge in [0, 0.05) is 26.4 Å². The third-order valence-corrected chi connectivity index (χ3v) is 5.65. The maximum atomic E-state index is 12.8. The van der Waals surface area contributed by atoms with Gasteiger partial charge in [-0.2, -0.15) is 5.10 Å². The van der Waals surface area contributed by atoms with Gasteiger partial charge in [0.25, 0.3) is 0 Å². The van der Waals surface area contributed by atoms with Crippen molar-refractivity contribution < 1.29 is 4.79 Å². The van der Waals surface area contributed by atoms with E-state index in [9.17, 15) is 4.79 Å². The van der Waals surface area contributed by atoms with Gasteiger partial charge in [-0.25, -0.2) is 9.78 Å². The van der Waals surface area contributed by atoms with Crippen LogP contribution in [0.3, 0.4) is 0 Å². The zero-order valence-corrected chi connectivity index (χ0v) is 18.4. The Morgan fingerprint density at radius 3 is 2.69 bits per heavy atom. The smallest absolute Gasteiger partial charge is 0.323 e. The lowest BCUT2D eigenvalue weighted by molar-refractivity contribution is 0.242. The van der Waals surface area contributed by atoms with Crippen LogP contribution >= 0.6 is 0 Å². The molecule has 0 radical (unpaired) electrons. The summed E-state index contributed by atoms with van der Waals surface area (Å²) in [5.41, 5.74) is 2.57. The number of nitrogens with one attached hydrogen (secondary N) is 2. The monoisotopic (exact) mass is 431 g/mol. The van der Waals surface area contributed by atoms with E-state index in [1.54, 1.807) is 29.0 Å². The second-order valence-electron chi connectivity index (χ2n) is 8.44. The zero-order chi connectivity index (χ0) is 22.4. The van der Waals surface area contributed by atoms with Gasteiger partial charge in [0.15, 0.2) is 11.5 Å². The first-order valence-electron chi connectivity index (χ1n) is 10.6. The number of rotatable bonds is 5. The van der Waals surface area contributed by atoms with E-state index in [1.165, 1.54) is 0 Å². The molecule has 1 atom stereocenters. The largest absolute Gasteiger partial charge is 0.328 e. The molecule has 2 amide bonds. The molecule has 1 unspecified atom stereocenters. The number of carbonyl (C=O) groups excluding carboxylic acids is 1. The topological polar surface area (TPSA) is 105 Å². The van der Waals surface area contributed by atoms with Crippen molar-refractivity contribution in [3.63, 3.8) is 0 Å². The molecule has 10 heteroatoms. The molecule has 2 N–H and O–H groups in total. The van der Waals surface area contributed by atoms with Crippen molar-refractivity contribution in [3.8, 4) is 11.1 Å². The molecule has 1 aliphatic heterocycles. The van der Waals surface area contributed by atoms with Gasteiger partial charge in [0.2, 0.25) is 0 Å². The second-order valence-corrected chi connectivity index (χ2v) is 8.44. The summed E-state index contributed by atoms with van der Waals surface area (Å²) in [5, 5.41) is 19.4. The van der Waals surface area contributed by atoms with Crippen LogP contribution in [0.5, 0.6) is 0 Å². The molecule has 164 valence electrons. The summed E-state index contributed by atoms with van der Waals surface area (Å²) in [6.07, 6.45) is 4.26. The van der Waals surface area contributed by atoms with Gasteiger partial charge in [0.1, 0.15) is 17.5 Å². The molecular formula is C22H25N9O. The number of amides is 2. The van der Waals surface area contributed by atoms with Crippen molar-refractivity contribution in [1.29, 1.82) is 0 Å². The highest BCUT2D eigenvalue weighted by Crippen LogP contribution is 2.33. The number of nitrogens with zero attached hydrogens (tertiary/aromatic N) is 7. The van der Waals surface area contributed by atoms with Gasteiger partial charge in [-0.1, -0.05) is 13.8 Å². The second kappa shape index (κ2) is 7.63. The first kappa shape index (κ1) is 20.0. The minimum absolute atomic E-state index is 0.159. The molecule has 5 rings (SSSR count). The van der Waals surface area contributed by atoms with Crippen molar-refractivity contribution in [2.75, 3.05) is 17.3 Å². The van der Waals surface area contributed by atoms with Gasteiger partial charge in [-0.3, -0.25) is 14.0 Å². The number of pyridine rings is 2. The van der Waals surface area contributed by atoms with Gasteiger partial charge in [0.05, 0.1) is 12.2 Å². The summed E-state index contributed by atoms with van der Waals surface area (Å²) in [6.45, 7) is 4.26. The Hall–Kier alpha value is -3.95. The molecule has 4 aromatic rings. The Labute approximate surface area is 185 Å². The number of hydrogen-bond acceptors (Lipinski definition) is 6. The molecule has 5 heterocycles. The quantitative estimate of drug-likeness (QED) is 0.501. The summed E-state index contributed by atoms with van der Waals surface area (Å²) < 4.78 is 3.71. The molecule has 4 aromatic heterocycles. The van der Waals surface area contributed by atoms with E-state index in [0.29, 0.717) is 17.4 Å². The van der Waals surface area contributed by atoms with Crippen molar-refractivity contribution in [1.82, 2.24) is 34.7 Å². The first-order valence-corrected chi connectivity index (χ1v) is 10.6. The van der Waals surface area contributed by atoms with E-state index in [4.69, 9.17) is 0 Å². The van der Waals surface area contributed by atoms with Crippen LogP contribution in [0.25, 0.3) is 16.8 Å². The molecular weight excluding hydrogens is 406 g/mol. The number of hydrogen-bond donors (Lipinski definition) is 2. The number of anilines is 3. The van der Waals surface area contributed by atoms with Gasteiger partial charge in [-0.15, -0.1) is 10.2 Å². The lowest BCUT2D eigenvalue weighted by Gasteiger charge is -2.19. The van der Waals surface area contributed by atoms with Crippen LogP contribution in [0.2, 0.25) is 0 Å². The van der Waals surface area contributed by atoms with Crippen LogP contribution < -0.4 is 15.5 Å². The number of carbonyl (C=O) groups is 1. The van der Waals surface area contributed by atoms with E-state index >= 15 is 0 Å². The highest BCUT2D eigenvalue weighted by atomic mass is 16.2.